The van der Waals surface area contributed by atoms with Crippen LogP contribution in [0.3, 0.4) is 0 Å². The number of amides is 1. The number of aromatic nitrogens is 1. The molecule has 0 aliphatic carbocycles. The lowest BCUT2D eigenvalue weighted by Gasteiger charge is -2.20. The molecule has 1 N–H and O–H groups in total. The Morgan fingerprint density at radius 3 is 2.52 bits per heavy atom. The van der Waals surface area contributed by atoms with Crippen LogP contribution in [0.2, 0.25) is 5.15 Å². The SMILES string of the molecule is Cc1cc(-c2ccnc(Cl)c2)ccc1CNC(=O)OC(C)(C)C. The summed E-state index contributed by atoms with van der Waals surface area (Å²) >= 11 is 5.93. The van der Waals surface area contributed by atoms with Crippen molar-refractivity contribution in [2.75, 3.05) is 0 Å². The predicted octanol–water partition coefficient (Wildman–Crippen LogP) is 4.74. The van der Waals surface area contributed by atoms with Crippen LogP contribution < -0.4 is 5.32 Å². The van der Waals surface area contributed by atoms with Crippen molar-refractivity contribution >= 4 is 17.7 Å². The van der Waals surface area contributed by atoms with Crippen molar-refractivity contribution in [3.8, 4) is 11.1 Å². The second-order valence-corrected chi connectivity index (χ2v) is 6.75. The third-order valence-corrected chi connectivity index (χ3v) is 3.43. The smallest absolute Gasteiger partial charge is 0.407 e. The first kappa shape index (κ1) is 17.3. The quantitative estimate of drug-likeness (QED) is 0.826. The lowest BCUT2D eigenvalue weighted by atomic mass is 10.0. The zero-order chi connectivity index (χ0) is 17.0. The Labute approximate surface area is 141 Å². The molecule has 0 saturated carbocycles. The van der Waals surface area contributed by atoms with E-state index >= 15 is 0 Å². The number of hydrogen-bond acceptors (Lipinski definition) is 3. The van der Waals surface area contributed by atoms with Gasteiger partial charge in [0.1, 0.15) is 10.8 Å². The highest BCUT2D eigenvalue weighted by Crippen LogP contribution is 2.24. The summed E-state index contributed by atoms with van der Waals surface area (Å²) in [7, 11) is 0. The molecule has 0 bridgehead atoms. The Balaban J connectivity index is 2.07. The topological polar surface area (TPSA) is 51.2 Å². The largest absolute Gasteiger partial charge is 0.444 e. The molecule has 0 fully saturated rings. The Morgan fingerprint density at radius 2 is 1.91 bits per heavy atom. The summed E-state index contributed by atoms with van der Waals surface area (Å²) < 4.78 is 5.23. The number of alkyl carbamates (subject to hydrolysis) is 1. The maximum absolute atomic E-state index is 11.7. The molecular formula is C18H21ClN2O2. The first-order valence-corrected chi connectivity index (χ1v) is 7.81. The van der Waals surface area contributed by atoms with E-state index in [9.17, 15) is 4.79 Å². The van der Waals surface area contributed by atoms with Gasteiger partial charge >= 0.3 is 6.09 Å². The maximum atomic E-state index is 11.7. The van der Waals surface area contributed by atoms with E-state index < -0.39 is 11.7 Å². The number of hydrogen-bond donors (Lipinski definition) is 1. The van der Waals surface area contributed by atoms with E-state index in [-0.39, 0.29) is 0 Å². The first-order chi connectivity index (χ1) is 10.7. The lowest BCUT2D eigenvalue weighted by Crippen LogP contribution is -2.32. The Morgan fingerprint density at radius 1 is 1.22 bits per heavy atom. The summed E-state index contributed by atoms with van der Waals surface area (Å²) in [6.45, 7) is 7.96. The fraction of sp³-hybridized carbons (Fsp3) is 0.333. The third-order valence-electron chi connectivity index (χ3n) is 3.22. The molecule has 0 saturated heterocycles. The van der Waals surface area contributed by atoms with Crippen LogP contribution in [-0.4, -0.2) is 16.7 Å². The fourth-order valence-corrected chi connectivity index (χ4v) is 2.31. The molecule has 1 aromatic heterocycles. The number of halogens is 1. The van der Waals surface area contributed by atoms with Crippen LogP contribution in [-0.2, 0) is 11.3 Å². The molecule has 5 heteroatoms. The monoisotopic (exact) mass is 332 g/mol. The van der Waals surface area contributed by atoms with E-state index in [1.807, 2.05) is 52.0 Å². The maximum Gasteiger partial charge on any atom is 0.407 e. The van der Waals surface area contributed by atoms with Crippen LogP contribution in [0.5, 0.6) is 0 Å². The predicted molar refractivity (Wildman–Crippen MR) is 92.5 cm³/mol. The molecular weight excluding hydrogens is 312 g/mol. The average Bonchev–Trinajstić information content (AvgIpc) is 2.44. The summed E-state index contributed by atoms with van der Waals surface area (Å²) in [5, 5.41) is 3.24. The number of benzene rings is 1. The number of carbonyl (C=O) groups is 1. The molecule has 0 aliphatic heterocycles. The van der Waals surface area contributed by atoms with Gasteiger partial charge in [0.25, 0.3) is 0 Å². The summed E-state index contributed by atoms with van der Waals surface area (Å²) in [4.78, 5) is 15.7. The van der Waals surface area contributed by atoms with Crippen molar-refractivity contribution in [2.24, 2.45) is 0 Å². The Kier molecular flexibility index (Phi) is 5.26. The van der Waals surface area contributed by atoms with E-state index in [0.29, 0.717) is 11.7 Å². The number of pyridine rings is 1. The molecule has 2 rings (SSSR count). The van der Waals surface area contributed by atoms with Crippen LogP contribution >= 0.6 is 11.6 Å². The van der Waals surface area contributed by atoms with Crippen molar-refractivity contribution < 1.29 is 9.53 Å². The van der Waals surface area contributed by atoms with Crippen molar-refractivity contribution in [2.45, 2.75) is 39.8 Å². The van der Waals surface area contributed by atoms with Gasteiger partial charge < -0.3 is 10.1 Å². The molecule has 0 spiro atoms. The van der Waals surface area contributed by atoms with Gasteiger partial charge in [0.2, 0.25) is 0 Å². The third kappa shape index (κ3) is 5.25. The lowest BCUT2D eigenvalue weighted by molar-refractivity contribution is 0.0523. The number of nitrogens with zero attached hydrogens (tertiary/aromatic N) is 1. The highest BCUT2D eigenvalue weighted by atomic mass is 35.5. The molecule has 4 nitrogen and oxygen atoms in total. The van der Waals surface area contributed by atoms with Crippen LogP contribution in [0.25, 0.3) is 11.1 Å². The molecule has 2 aromatic rings. The zero-order valence-corrected chi connectivity index (χ0v) is 14.6. The van der Waals surface area contributed by atoms with E-state index in [1.54, 1.807) is 6.20 Å². The van der Waals surface area contributed by atoms with E-state index in [1.165, 1.54) is 0 Å². The molecule has 1 amide bonds. The van der Waals surface area contributed by atoms with Gasteiger partial charge in [-0.3, -0.25) is 0 Å². The minimum Gasteiger partial charge on any atom is -0.444 e. The van der Waals surface area contributed by atoms with Gasteiger partial charge in [-0.05, 0) is 62.1 Å². The van der Waals surface area contributed by atoms with Crippen molar-refractivity contribution in [3.63, 3.8) is 0 Å². The molecule has 0 atom stereocenters. The van der Waals surface area contributed by atoms with Gasteiger partial charge in [0.15, 0.2) is 0 Å². The Hall–Kier alpha value is -2.07. The van der Waals surface area contributed by atoms with E-state index in [4.69, 9.17) is 16.3 Å². The number of rotatable bonds is 3. The van der Waals surface area contributed by atoms with Crippen molar-refractivity contribution in [1.82, 2.24) is 10.3 Å². The highest BCUT2D eigenvalue weighted by molar-refractivity contribution is 6.29. The molecule has 23 heavy (non-hydrogen) atoms. The highest BCUT2D eigenvalue weighted by Gasteiger charge is 2.15. The van der Waals surface area contributed by atoms with Crippen LogP contribution in [0.1, 0.15) is 31.9 Å². The number of ether oxygens (including phenoxy) is 1. The normalized spacial score (nSPS) is 11.2. The molecule has 122 valence electrons. The molecule has 0 unspecified atom stereocenters. The van der Waals surface area contributed by atoms with Crippen molar-refractivity contribution in [3.05, 3.63) is 52.8 Å². The second kappa shape index (κ2) is 7.01. The van der Waals surface area contributed by atoms with Crippen molar-refractivity contribution in [1.29, 1.82) is 0 Å². The van der Waals surface area contributed by atoms with E-state index in [0.717, 1.165) is 22.3 Å². The van der Waals surface area contributed by atoms with Gasteiger partial charge in [-0.15, -0.1) is 0 Å². The minimum absolute atomic E-state index is 0.415. The molecule has 1 aromatic carbocycles. The van der Waals surface area contributed by atoms with Gasteiger partial charge in [0.05, 0.1) is 0 Å². The number of nitrogens with one attached hydrogen (secondary N) is 1. The van der Waals surface area contributed by atoms with Crippen LogP contribution in [0, 0.1) is 6.92 Å². The summed E-state index contributed by atoms with van der Waals surface area (Å²) in [6, 6.07) is 9.81. The standard InChI is InChI=1S/C18H21ClN2O2/c1-12-9-13(14-7-8-20-16(19)10-14)5-6-15(12)11-21-17(22)23-18(2,3)4/h5-10H,11H2,1-4H3,(H,21,22). The molecule has 1 heterocycles. The van der Waals surface area contributed by atoms with Gasteiger partial charge in [-0.2, -0.15) is 0 Å². The molecule has 0 aliphatic rings. The summed E-state index contributed by atoms with van der Waals surface area (Å²) in [5.74, 6) is 0. The minimum atomic E-state index is -0.496. The van der Waals surface area contributed by atoms with Gasteiger partial charge in [-0.1, -0.05) is 29.8 Å². The van der Waals surface area contributed by atoms with Crippen LogP contribution in [0.15, 0.2) is 36.5 Å². The number of aryl methyl sites for hydroxylation is 1. The fourth-order valence-electron chi connectivity index (χ4n) is 2.14. The average molecular weight is 333 g/mol. The summed E-state index contributed by atoms with van der Waals surface area (Å²) in [5.41, 5.74) is 3.71. The first-order valence-electron chi connectivity index (χ1n) is 7.43. The second-order valence-electron chi connectivity index (χ2n) is 6.36. The molecule has 0 radical (unpaired) electrons. The number of carbonyl (C=O) groups excluding carboxylic acids is 1. The Bertz CT molecular complexity index is 708. The zero-order valence-electron chi connectivity index (χ0n) is 13.8. The van der Waals surface area contributed by atoms with Gasteiger partial charge in [-0.25, -0.2) is 9.78 Å². The van der Waals surface area contributed by atoms with Crippen LogP contribution in [0.4, 0.5) is 4.79 Å². The van der Waals surface area contributed by atoms with E-state index in [2.05, 4.69) is 16.4 Å². The van der Waals surface area contributed by atoms with Gasteiger partial charge in [0, 0.05) is 12.7 Å². The summed E-state index contributed by atoms with van der Waals surface area (Å²) in [6.07, 6.45) is 1.27.